The third-order valence-corrected chi connectivity index (χ3v) is 5.47. The van der Waals surface area contributed by atoms with Crippen LogP contribution in [0.25, 0.3) is 5.69 Å². The molecule has 2 amide bonds. The molecular formula is C21H17F4N3O3S. The van der Waals surface area contributed by atoms with Crippen molar-refractivity contribution >= 4 is 17.4 Å². The molecule has 1 aliphatic rings. The number of rotatable bonds is 3. The highest BCUT2D eigenvalue weighted by molar-refractivity contribution is 7.09. The van der Waals surface area contributed by atoms with Crippen molar-refractivity contribution < 1.29 is 31.8 Å². The van der Waals surface area contributed by atoms with Gasteiger partial charge in [-0.3, -0.25) is 4.57 Å². The van der Waals surface area contributed by atoms with Gasteiger partial charge < -0.3 is 14.4 Å². The number of fused-ring (bicyclic) bond motifs is 1. The van der Waals surface area contributed by atoms with Gasteiger partial charge in [-0.2, -0.15) is 22.6 Å². The molecule has 2 aromatic carbocycles. The SMILES string of the molecule is Cc1cn(-c2ccc3c(c2)OC(F)(F)C(F)(F)O3)c(=NC(=O)N(C)Cc2ccccc2)s1. The Hall–Kier alpha value is -3.34. The van der Waals surface area contributed by atoms with E-state index >= 15 is 0 Å². The molecule has 32 heavy (non-hydrogen) atoms. The fourth-order valence-electron chi connectivity index (χ4n) is 3.02. The summed E-state index contributed by atoms with van der Waals surface area (Å²) < 4.78 is 63.6. The predicted octanol–water partition coefficient (Wildman–Crippen LogP) is 4.96. The van der Waals surface area contributed by atoms with Crippen molar-refractivity contribution in [2.24, 2.45) is 4.99 Å². The van der Waals surface area contributed by atoms with Gasteiger partial charge in [0.25, 0.3) is 0 Å². The Morgan fingerprint density at radius 3 is 2.41 bits per heavy atom. The minimum absolute atomic E-state index is 0.279. The summed E-state index contributed by atoms with van der Waals surface area (Å²) in [6.07, 6.45) is -7.97. The van der Waals surface area contributed by atoms with Gasteiger partial charge in [-0.25, -0.2) is 4.79 Å². The number of benzene rings is 2. The van der Waals surface area contributed by atoms with Crippen LogP contribution in [0.3, 0.4) is 0 Å². The smallest absolute Gasteiger partial charge is 0.421 e. The fourth-order valence-corrected chi connectivity index (χ4v) is 3.84. The minimum atomic E-state index is -4.82. The summed E-state index contributed by atoms with van der Waals surface area (Å²) in [7, 11) is 1.61. The van der Waals surface area contributed by atoms with Gasteiger partial charge in [0.05, 0.1) is 5.69 Å². The van der Waals surface area contributed by atoms with Crippen molar-refractivity contribution in [3.8, 4) is 17.2 Å². The number of hydrogen-bond donors (Lipinski definition) is 0. The summed E-state index contributed by atoms with van der Waals surface area (Å²) in [5, 5.41) is 0. The highest BCUT2D eigenvalue weighted by Gasteiger charge is 2.65. The molecule has 11 heteroatoms. The molecule has 168 valence electrons. The summed E-state index contributed by atoms with van der Waals surface area (Å²) in [5.74, 6) is -1.07. The third-order valence-electron chi connectivity index (χ3n) is 4.57. The van der Waals surface area contributed by atoms with Crippen LogP contribution in [0.2, 0.25) is 0 Å². The van der Waals surface area contributed by atoms with Crippen molar-refractivity contribution in [2.45, 2.75) is 25.7 Å². The van der Waals surface area contributed by atoms with Crippen molar-refractivity contribution in [1.82, 2.24) is 9.47 Å². The van der Waals surface area contributed by atoms with E-state index in [1.807, 2.05) is 30.3 Å². The minimum Gasteiger partial charge on any atom is -0.421 e. The predicted molar refractivity (Wildman–Crippen MR) is 108 cm³/mol. The van der Waals surface area contributed by atoms with Gasteiger partial charge in [0.2, 0.25) is 0 Å². The van der Waals surface area contributed by atoms with Crippen LogP contribution in [0.1, 0.15) is 10.4 Å². The number of thiazole rings is 1. The van der Waals surface area contributed by atoms with Crippen molar-refractivity contribution in [3.05, 3.63) is 70.0 Å². The van der Waals surface area contributed by atoms with Crippen LogP contribution >= 0.6 is 11.3 Å². The third kappa shape index (κ3) is 4.20. The van der Waals surface area contributed by atoms with Crippen molar-refractivity contribution in [1.29, 1.82) is 0 Å². The topological polar surface area (TPSA) is 56.1 Å². The molecule has 0 fully saturated rings. The number of aryl methyl sites for hydroxylation is 1. The monoisotopic (exact) mass is 467 g/mol. The van der Waals surface area contributed by atoms with E-state index in [0.717, 1.165) is 22.6 Å². The van der Waals surface area contributed by atoms with Gasteiger partial charge in [0.1, 0.15) is 0 Å². The lowest BCUT2D eigenvalue weighted by Gasteiger charge is -2.31. The number of urea groups is 1. The van der Waals surface area contributed by atoms with E-state index < -0.39 is 29.7 Å². The van der Waals surface area contributed by atoms with E-state index in [1.165, 1.54) is 26.9 Å². The number of ether oxygens (including phenoxy) is 2. The van der Waals surface area contributed by atoms with E-state index in [2.05, 4.69) is 14.5 Å². The number of carbonyl (C=O) groups excluding carboxylic acids is 1. The van der Waals surface area contributed by atoms with E-state index in [-0.39, 0.29) is 10.5 Å². The molecule has 0 radical (unpaired) electrons. The molecular weight excluding hydrogens is 450 g/mol. The van der Waals surface area contributed by atoms with Crippen molar-refractivity contribution in [3.63, 3.8) is 0 Å². The number of alkyl halides is 4. The summed E-state index contributed by atoms with van der Waals surface area (Å²) in [6, 6.07) is 12.5. The molecule has 2 heterocycles. The summed E-state index contributed by atoms with van der Waals surface area (Å²) in [5.41, 5.74) is 1.22. The van der Waals surface area contributed by atoms with Crippen LogP contribution in [-0.4, -0.2) is 34.8 Å². The molecule has 1 aromatic heterocycles. The molecule has 0 aliphatic carbocycles. The Balaban J connectivity index is 1.65. The van der Waals surface area contributed by atoms with E-state index in [1.54, 1.807) is 20.2 Å². The van der Waals surface area contributed by atoms with Gasteiger partial charge in [-0.05, 0) is 24.6 Å². The molecule has 0 atom stereocenters. The summed E-state index contributed by atoms with van der Waals surface area (Å²) in [4.78, 5) is 19.3. The van der Waals surface area contributed by atoms with E-state index in [0.29, 0.717) is 6.54 Å². The average molecular weight is 467 g/mol. The van der Waals surface area contributed by atoms with Crippen LogP contribution < -0.4 is 14.3 Å². The lowest BCUT2D eigenvalue weighted by molar-refractivity contribution is -0.391. The average Bonchev–Trinajstić information content (AvgIpc) is 3.08. The second kappa shape index (κ2) is 7.97. The highest BCUT2D eigenvalue weighted by Crippen LogP contribution is 2.47. The number of nitrogens with zero attached hydrogens (tertiary/aromatic N) is 3. The normalized spacial score (nSPS) is 16.6. The fraction of sp³-hybridized carbons (Fsp3) is 0.238. The van der Waals surface area contributed by atoms with Crippen LogP contribution in [0, 0.1) is 6.92 Å². The zero-order valence-electron chi connectivity index (χ0n) is 16.9. The molecule has 0 unspecified atom stereocenters. The number of aromatic nitrogens is 1. The molecule has 0 N–H and O–H groups in total. The summed E-state index contributed by atoms with van der Waals surface area (Å²) in [6.45, 7) is 2.13. The van der Waals surface area contributed by atoms with Crippen molar-refractivity contribution in [2.75, 3.05) is 7.05 Å². The molecule has 6 nitrogen and oxygen atoms in total. The van der Waals surface area contributed by atoms with Gasteiger partial charge in [0.15, 0.2) is 16.3 Å². The highest BCUT2D eigenvalue weighted by atomic mass is 32.1. The first-order valence-corrected chi connectivity index (χ1v) is 10.2. The van der Waals surface area contributed by atoms with Gasteiger partial charge in [0, 0.05) is 30.7 Å². The molecule has 0 saturated carbocycles. The Bertz CT molecular complexity index is 1220. The number of amides is 2. The zero-order valence-corrected chi connectivity index (χ0v) is 17.7. The Morgan fingerprint density at radius 1 is 1.06 bits per heavy atom. The number of carbonyl (C=O) groups is 1. The molecule has 1 aliphatic heterocycles. The Kier molecular flexibility index (Phi) is 5.45. The van der Waals surface area contributed by atoms with E-state index in [4.69, 9.17) is 0 Å². The lowest BCUT2D eigenvalue weighted by atomic mass is 10.2. The zero-order chi connectivity index (χ0) is 23.1. The Labute approximate surface area is 184 Å². The van der Waals surface area contributed by atoms with E-state index in [9.17, 15) is 22.4 Å². The quantitative estimate of drug-likeness (QED) is 0.512. The number of hydrogen-bond acceptors (Lipinski definition) is 4. The largest absolute Gasteiger partial charge is 0.507 e. The summed E-state index contributed by atoms with van der Waals surface area (Å²) >= 11 is 1.21. The molecule has 4 rings (SSSR count). The maximum Gasteiger partial charge on any atom is 0.507 e. The van der Waals surface area contributed by atoms with Crippen LogP contribution in [0.5, 0.6) is 11.5 Å². The molecule has 0 bridgehead atoms. The first kappa shape index (κ1) is 21.9. The first-order valence-electron chi connectivity index (χ1n) is 9.37. The van der Waals surface area contributed by atoms with Gasteiger partial charge >= 0.3 is 18.2 Å². The van der Waals surface area contributed by atoms with Gasteiger partial charge in [-0.15, -0.1) is 11.3 Å². The van der Waals surface area contributed by atoms with Crippen LogP contribution in [0.15, 0.2) is 59.7 Å². The maximum atomic E-state index is 13.5. The second-order valence-corrected chi connectivity index (χ2v) is 8.31. The molecule has 0 spiro atoms. The van der Waals surface area contributed by atoms with Crippen LogP contribution in [-0.2, 0) is 6.54 Å². The van der Waals surface area contributed by atoms with Crippen LogP contribution in [0.4, 0.5) is 22.4 Å². The molecule has 3 aromatic rings. The number of halogens is 4. The first-order chi connectivity index (χ1) is 15.1. The Morgan fingerprint density at radius 2 is 1.72 bits per heavy atom. The second-order valence-electron chi connectivity index (χ2n) is 7.10. The van der Waals surface area contributed by atoms with Gasteiger partial charge in [-0.1, -0.05) is 30.3 Å². The lowest BCUT2D eigenvalue weighted by Crippen LogP contribution is -2.52. The standard InChI is InChI=1S/C21H17F4N3O3S/c1-13-11-28(15-8-9-16-17(10-15)31-21(24,25)20(22,23)30-16)19(32-13)26-18(29)27(2)12-14-6-4-3-5-7-14/h3-11H,12H2,1-2H3. The molecule has 0 saturated heterocycles. The maximum absolute atomic E-state index is 13.5.